The molecule has 8 heteroatoms. The maximum absolute atomic E-state index is 12.5. The summed E-state index contributed by atoms with van der Waals surface area (Å²) < 4.78 is 11.7. The Hall–Kier alpha value is -3.16. The molecular weight excluding hydrogens is 310 g/mol. The number of nitrogens with one attached hydrogen (secondary N) is 1. The number of aromatic nitrogens is 4. The first-order valence-electron chi connectivity index (χ1n) is 7.37. The van der Waals surface area contributed by atoms with Gasteiger partial charge < -0.3 is 14.6 Å². The van der Waals surface area contributed by atoms with Gasteiger partial charge in [-0.3, -0.25) is 4.79 Å². The van der Waals surface area contributed by atoms with Gasteiger partial charge in [0.15, 0.2) is 5.82 Å². The minimum Gasteiger partial charge on any atom is -0.494 e. The van der Waals surface area contributed by atoms with Gasteiger partial charge in [-0.15, -0.1) is 0 Å². The zero-order chi connectivity index (χ0) is 17.1. The molecule has 0 bridgehead atoms. The molecule has 2 heterocycles. The monoisotopic (exact) mass is 327 g/mol. The molecule has 24 heavy (non-hydrogen) atoms. The number of rotatable bonds is 5. The van der Waals surface area contributed by atoms with Crippen LogP contribution in [0.4, 0.5) is 0 Å². The highest BCUT2D eigenvalue weighted by Crippen LogP contribution is 2.24. The molecule has 0 saturated heterocycles. The SMILES string of the molecule is COc1ccccc1-n1ncc(C(=O)N[C@@H](C)c2ncon2)c1C. The second kappa shape index (κ2) is 6.53. The van der Waals surface area contributed by atoms with Crippen LogP contribution in [0.3, 0.4) is 0 Å². The van der Waals surface area contributed by atoms with Crippen molar-refractivity contribution in [2.75, 3.05) is 7.11 Å². The fourth-order valence-corrected chi connectivity index (χ4v) is 2.39. The molecule has 0 radical (unpaired) electrons. The number of nitrogens with zero attached hydrogens (tertiary/aromatic N) is 4. The van der Waals surface area contributed by atoms with E-state index in [-0.39, 0.29) is 11.9 Å². The van der Waals surface area contributed by atoms with E-state index in [4.69, 9.17) is 9.26 Å². The molecule has 0 saturated carbocycles. The quantitative estimate of drug-likeness (QED) is 0.771. The normalized spacial score (nSPS) is 12.0. The van der Waals surface area contributed by atoms with Gasteiger partial charge in [0, 0.05) is 0 Å². The van der Waals surface area contributed by atoms with Gasteiger partial charge >= 0.3 is 0 Å². The summed E-state index contributed by atoms with van der Waals surface area (Å²) in [6, 6.07) is 7.11. The van der Waals surface area contributed by atoms with Crippen molar-refractivity contribution >= 4 is 5.91 Å². The van der Waals surface area contributed by atoms with Gasteiger partial charge in [0.05, 0.1) is 30.6 Å². The van der Waals surface area contributed by atoms with Crippen molar-refractivity contribution < 1.29 is 14.1 Å². The van der Waals surface area contributed by atoms with Crippen molar-refractivity contribution in [2.24, 2.45) is 0 Å². The summed E-state index contributed by atoms with van der Waals surface area (Å²) in [6.45, 7) is 3.61. The Balaban J connectivity index is 1.86. The number of carbonyl (C=O) groups is 1. The van der Waals surface area contributed by atoms with Crippen LogP contribution < -0.4 is 10.1 Å². The molecule has 2 aromatic heterocycles. The van der Waals surface area contributed by atoms with E-state index in [1.54, 1.807) is 18.7 Å². The van der Waals surface area contributed by atoms with Crippen molar-refractivity contribution in [3.63, 3.8) is 0 Å². The van der Waals surface area contributed by atoms with E-state index in [0.29, 0.717) is 22.8 Å². The Bertz CT molecular complexity index is 841. The summed E-state index contributed by atoms with van der Waals surface area (Å²) in [4.78, 5) is 16.4. The molecule has 0 fully saturated rings. The van der Waals surface area contributed by atoms with Crippen LogP contribution in [0.1, 0.15) is 34.8 Å². The zero-order valence-electron chi connectivity index (χ0n) is 13.6. The molecule has 0 aliphatic heterocycles. The predicted molar refractivity (Wildman–Crippen MR) is 85.0 cm³/mol. The molecule has 1 aromatic carbocycles. The fourth-order valence-electron chi connectivity index (χ4n) is 2.39. The highest BCUT2D eigenvalue weighted by atomic mass is 16.5. The van der Waals surface area contributed by atoms with Gasteiger partial charge in [-0.1, -0.05) is 17.3 Å². The number of methoxy groups -OCH3 is 1. The average molecular weight is 327 g/mol. The molecule has 0 spiro atoms. The van der Waals surface area contributed by atoms with Gasteiger partial charge in [-0.2, -0.15) is 10.1 Å². The molecule has 0 aliphatic rings. The predicted octanol–water partition coefficient (Wildman–Crippen LogP) is 2.06. The third-order valence-corrected chi connectivity index (χ3v) is 3.68. The van der Waals surface area contributed by atoms with Crippen LogP contribution in [-0.4, -0.2) is 32.9 Å². The first-order valence-corrected chi connectivity index (χ1v) is 7.37. The summed E-state index contributed by atoms with van der Waals surface area (Å²) in [6.07, 6.45) is 2.75. The number of hydrogen-bond donors (Lipinski definition) is 1. The van der Waals surface area contributed by atoms with E-state index in [1.807, 2.05) is 31.2 Å². The van der Waals surface area contributed by atoms with Gasteiger partial charge in [-0.05, 0) is 26.0 Å². The number of amides is 1. The van der Waals surface area contributed by atoms with Crippen LogP contribution in [0.2, 0.25) is 0 Å². The summed E-state index contributed by atoms with van der Waals surface area (Å²) >= 11 is 0. The molecule has 1 atom stereocenters. The second-order valence-electron chi connectivity index (χ2n) is 5.21. The third kappa shape index (κ3) is 2.85. The Morgan fingerprint density at radius 2 is 2.17 bits per heavy atom. The van der Waals surface area contributed by atoms with Gasteiger partial charge in [0.1, 0.15) is 11.4 Å². The van der Waals surface area contributed by atoms with Crippen LogP contribution in [-0.2, 0) is 0 Å². The summed E-state index contributed by atoms with van der Waals surface area (Å²) in [7, 11) is 1.60. The molecule has 8 nitrogen and oxygen atoms in total. The van der Waals surface area contributed by atoms with Gasteiger partial charge in [0.25, 0.3) is 5.91 Å². The molecule has 3 aromatic rings. The topological polar surface area (TPSA) is 95.1 Å². The maximum Gasteiger partial charge on any atom is 0.255 e. The highest BCUT2D eigenvalue weighted by molar-refractivity contribution is 5.95. The lowest BCUT2D eigenvalue weighted by molar-refractivity contribution is 0.0937. The van der Waals surface area contributed by atoms with E-state index < -0.39 is 0 Å². The van der Waals surface area contributed by atoms with Crippen molar-refractivity contribution in [2.45, 2.75) is 19.9 Å². The van der Waals surface area contributed by atoms with E-state index in [2.05, 4.69) is 20.6 Å². The Labute approximate surface area is 138 Å². The van der Waals surface area contributed by atoms with Crippen molar-refractivity contribution in [1.82, 2.24) is 25.2 Å². The number of para-hydroxylation sites is 2. The Morgan fingerprint density at radius 1 is 1.38 bits per heavy atom. The molecular formula is C16H17N5O3. The van der Waals surface area contributed by atoms with E-state index in [0.717, 1.165) is 5.69 Å². The second-order valence-corrected chi connectivity index (χ2v) is 5.21. The lowest BCUT2D eigenvalue weighted by atomic mass is 10.2. The Kier molecular flexibility index (Phi) is 4.28. The van der Waals surface area contributed by atoms with Gasteiger partial charge in [0.2, 0.25) is 6.39 Å². The summed E-state index contributed by atoms with van der Waals surface area (Å²) in [5.74, 6) is 0.833. The van der Waals surface area contributed by atoms with Crippen LogP contribution >= 0.6 is 0 Å². The molecule has 0 aliphatic carbocycles. The lowest BCUT2D eigenvalue weighted by Crippen LogP contribution is -2.27. The zero-order valence-corrected chi connectivity index (χ0v) is 13.6. The average Bonchev–Trinajstić information content (AvgIpc) is 3.24. The number of hydrogen-bond acceptors (Lipinski definition) is 6. The largest absolute Gasteiger partial charge is 0.494 e. The summed E-state index contributed by atoms with van der Waals surface area (Å²) in [5, 5.41) is 10.9. The van der Waals surface area contributed by atoms with Gasteiger partial charge in [-0.25, -0.2) is 4.68 Å². The standard InChI is InChI=1S/C16H17N5O3/c1-10(15-17-9-24-20-15)19-16(22)12-8-18-21(11(12)2)13-6-4-5-7-14(13)23-3/h4-10H,1-3H3,(H,19,22)/t10-/m0/s1. The van der Waals surface area contributed by atoms with Crippen molar-refractivity contribution in [3.8, 4) is 11.4 Å². The van der Waals surface area contributed by atoms with E-state index >= 15 is 0 Å². The Morgan fingerprint density at radius 3 is 2.88 bits per heavy atom. The lowest BCUT2D eigenvalue weighted by Gasteiger charge is -2.11. The fraction of sp³-hybridized carbons (Fsp3) is 0.250. The molecule has 0 unspecified atom stereocenters. The van der Waals surface area contributed by atoms with E-state index in [1.165, 1.54) is 12.6 Å². The maximum atomic E-state index is 12.5. The molecule has 1 N–H and O–H groups in total. The number of benzene rings is 1. The summed E-state index contributed by atoms with van der Waals surface area (Å²) in [5.41, 5.74) is 1.94. The smallest absolute Gasteiger partial charge is 0.255 e. The number of ether oxygens (including phenoxy) is 1. The van der Waals surface area contributed by atoms with Crippen molar-refractivity contribution in [3.05, 3.63) is 53.9 Å². The molecule has 1 amide bonds. The number of carbonyl (C=O) groups excluding carboxylic acids is 1. The molecule has 124 valence electrons. The first kappa shape index (κ1) is 15.7. The molecule has 3 rings (SSSR count). The van der Waals surface area contributed by atoms with Crippen molar-refractivity contribution in [1.29, 1.82) is 0 Å². The highest BCUT2D eigenvalue weighted by Gasteiger charge is 2.20. The minimum atomic E-state index is -0.370. The van der Waals surface area contributed by atoms with Crippen LogP contribution in [0.15, 0.2) is 41.4 Å². The third-order valence-electron chi connectivity index (χ3n) is 3.68. The minimum absolute atomic E-state index is 0.258. The van der Waals surface area contributed by atoms with Crippen LogP contribution in [0, 0.1) is 6.92 Å². The van der Waals surface area contributed by atoms with Crippen LogP contribution in [0.5, 0.6) is 5.75 Å². The first-order chi connectivity index (χ1) is 11.6. The van der Waals surface area contributed by atoms with Crippen LogP contribution in [0.25, 0.3) is 5.69 Å². The van der Waals surface area contributed by atoms with E-state index in [9.17, 15) is 4.79 Å².